The molecule has 0 radical (unpaired) electrons. The van der Waals surface area contributed by atoms with Crippen LogP contribution in [-0.4, -0.2) is 203 Å². The number of benzene rings is 1. The lowest BCUT2D eigenvalue weighted by Crippen LogP contribution is -2.69. The molecule has 77 heavy (non-hydrogen) atoms. The van der Waals surface area contributed by atoms with Crippen molar-refractivity contribution in [1.82, 2.24) is 50.7 Å². The van der Waals surface area contributed by atoms with Gasteiger partial charge in [-0.05, 0) is 100 Å². The van der Waals surface area contributed by atoms with Gasteiger partial charge in [-0.25, -0.2) is 0 Å². The van der Waals surface area contributed by atoms with Crippen LogP contribution in [0.15, 0.2) is 30.3 Å². The van der Waals surface area contributed by atoms with Gasteiger partial charge < -0.3 is 55.4 Å². The third-order valence-electron chi connectivity index (χ3n) is 15.7. The molecular weight excluding hydrogens is 989 g/mol. The summed E-state index contributed by atoms with van der Waals surface area (Å²) < 4.78 is 5.61. The summed E-state index contributed by atoms with van der Waals surface area (Å²) in [7, 11) is 2.58. The topological polar surface area (TPSA) is 247 Å². The maximum atomic E-state index is 15.9. The van der Waals surface area contributed by atoms with Crippen LogP contribution in [0.2, 0.25) is 0 Å². The normalized spacial score (nSPS) is 27.8. The molecule has 0 spiro atoms. The Labute approximate surface area is 454 Å². The molecule has 10 amide bonds. The van der Waals surface area contributed by atoms with E-state index >= 15 is 28.8 Å². The average Bonchev–Trinajstić information content (AvgIpc) is 4.11. The van der Waals surface area contributed by atoms with Crippen molar-refractivity contribution in [3.8, 4) is 0 Å². The molecule has 8 atom stereocenters. The first-order valence-electron chi connectivity index (χ1n) is 28.1. The Morgan fingerprint density at radius 1 is 0.545 bits per heavy atom. The number of carbonyl (C=O) groups is 10. The number of rotatable bonds is 12. The summed E-state index contributed by atoms with van der Waals surface area (Å²) >= 11 is 0. The van der Waals surface area contributed by atoms with Crippen LogP contribution in [0.1, 0.15) is 118 Å². The highest BCUT2D eigenvalue weighted by Crippen LogP contribution is 2.27. The van der Waals surface area contributed by atoms with Crippen LogP contribution < -0.4 is 21.3 Å². The lowest BCUT2D eigenvalue weighted by Gasteiger charge is -2.42. The summed E-state index contributed by atoms with van der Waals surface area (Å²) in [6, 6.07) is -2.26. The Bertz CT molecular complexity index is 2290. The molecule has 5 heterocycles. The molecule has 21 heteroatoms. The zero-order chi connectivity index (χ0) is 56.2. The van der Waals surface area contributed by atoms with Gasteiger partial charge in [-0.15, -0.1) is 0 Å². The number of hydrogen-bond acceptors (Lipinski definition) is 11. The molecule has 1 aromatic rings. The highest BCUT2D eigenvalue weighted by Gasteiger charge is 2.50. The molecule has 0 saturated carbocycles. The van der Waals surface area contributed by atoms with Crippen molar-refractivity contribution < 1.29 is 52.7 Å². The number of hydrogen-bond donors (Lipinski definition) is 4. The van der Waals surface area contributed by atoms with Crippen molar-refractivity contribution in [3.63, 3.8) is 0 Å². The fraction of sp³-hybridized carbons (Fsp3) is 0.714. The monoisotopic (exact) mass is 1070 g/mol. The largest absolute Gasteiger partial charge is 0.381 e. The quantitative estimate of drug-likeness (QED) is 0.234. The van der Waals surface area contributed by atoms with Crippen molar-refractivity contribution in [2.24, 2.45) is 23.7 Å². The maximum Gasteiger partial charge on any atom is 0.246 e. The van der Waals surface area contributed by atoms with E-state index in [-0.39, 0.29) is 82.0 Å². The number of carbonyl (C=O) groups excluding carboxylic acids is 10. The van der Waals surface area contributed by atoms with Gasteiger partial charge in [0.1, 0.15) is 48.3 Å². The van der Waals surface area contributed by atoms with Gasteiger partial charge in [-0.3, -0.25) is 47.9 Å². The molecule has 0 aromatic heterocycles. The van der Waals surface area contributed by atoms with E-state index in [1.165, 1.54) is 33.7 Å². The van der Waals surface area contributed by atoms with Crippen LogP contribution in [0.5, 0.6) is 0 Å². The van der Waals surface area contributed by atoms with E-state index in [0.29, 0.717) is 57.3 Å². The third-order valence-corrected chi connectivity index (χ3v) is 15.7. The molecule has 6 rings (SSSR count). The van der Waals surface area contributed by atoms with Crippen LogP contribution in [0.3, 0.4) is 0 Å². The number of ether oxygens (including phenoxy) is 1. The van der Waals surface area contributed by atoms with Gasteiger partial charge in [0, 0.05) is 59.9 Å². The van der Waals surface area contributed by atoms with Crippen molar-refractivity contribution in [2.45, 2.75) is 167 Å². The van der Waals surface area contributed by atoms with Crippen molar-refractivity contribution >= 4 is 59.1 Å². The molecule has 5 saturated heterocycles. The van der Waals surface area contributed by atoms with Gasteiger partial charge in [-0.1, -0.05) is 71.9 Å². The van der Waals surface area contributed by atoms with Gasteiger partial charge in [-0.2, -0.15) is 0 Å². The second-order valence-electron chi connectivity index (χ2n) is 23.1. The van der Waals surface area contributed by atoms with Crippen LogP contribution in [0.4, 0.5) is 0 Å². The van der Waals surface area contributed by atoms with Crippen LogP contribution in [0, 0.1) is 23.7 Å². The molecule has 426 valence electrons. The maximum absolute atomic E-state index is 15.9. The van der Waals surface area contributed by atoms with E-state index in [9.17, 15) is 19.2 Å². The molecule has 0 aliphatic carbocycles. The second-order valence-corrected chi connectivity index (χ2v) is 23.1. The average molecular weight is 1080 g/mol. The van der Waals surface area contributed by atoms with E-state index in [1.54, 1.807) is 37.3 Å². The molecule has 5 fully saturated rings. The highest BCUT2D eigenvalue weighted by atomic mass is 16.5. The fourth-order valence-electron chi connectivity index (χ4n) is 11.6. The SMILES string of the molecule is CCN1CC(=O)NC(CC(C)C)C(=O)N(C)[C@@H]2C(=O)N[C@@H](CCC(C)C)C(=O)N3CCC[C@@H]3C(=O)N(CC3CCOCC3)CC(=O)N[C@@H](CC(C)C)C(=O)N(C)C2C(=O)N[C@@H](Cc2ccccc2)C(=O)N2CCC[C@@H]2C1=O. The predicted octanol–water partition coefficient (Wildman–Crippen LogP) is 1.46. The third kappa shape index (κ3) is 15.3. The highest BCUT2D eigenvalue weighted by molar-refractivity contribution is 6.03. The minimum absolute atomic E-state index is 0.00150. The number of fused-ring (bicyclic) bond motifs is 3. The summed E-state index contributed by atoms with van der Waals surface area (Å²) in [5.41, 5.74) is 0.644. The first kappa shape index (κ1) is 60.1. The predicted molar refractivity (Wildman–Crippen MR) is 286 cm³/mol. The van der Waals surface area contributed by atoms with Crippen molar-refractivity contribution in [3.05, 3.63) is 35.9 Å². The minimum Gasteiger partial charge on any atom is -0.381 e. The number of nitrogens with one attached hydrogen (secondary N) is 4. The molecule has 1 aromatic carbocycles. The molecular formula is C56H86N10O11. The summed E-state index contributed by atoms with van der Waals surface area (Å²) in [6.07, 6.45) is 3.40. The van der Waals surface area contributed by atoms with Crippen LogP contribution in [-0.2, 0) is 59.1 Å². The first-order chi connectivity index (χ1) is 36.6. The smallest absolute Gasteiger partial charge is 0.246 e. The number of amides is 10. The summed E-state index contributed by atoms with van der Waals surface area (Å²) in [5.74, 6) is -7.40. The Hall–Kier alpha value is -6.12. The van der Waals surface area contributed by atoms with E-state index < -0.39 is 120 Å². The lowest BCUT2D eigenvalue weighted by atomic mass is 9.95. The second kappa shape index (κ2) is 27.5. The van der Waals surface area contributed by atoms with E-state index in [0.717, 1.165) is 9.80 Å². The summed E-state index contributed by atoms with van der Waals surface area (Å²) in [5, 5.41) is 11.5. The minimum atomic E-state index is -1.95. The van der Waals surface area contributed by atoms with Crippen LogP contribution >= 0.6 is 0 Å². The fourth-order valence-corrected chi connectivity index (χ4v) is 11.6. The van der Waals surface area contributed by atoms with Gasteiger partial charge in [0.05, 0.1) is 13.1 Å². The van der Waals surface area contributed by atoms with Gasteiger partial charge >= 0.3 is 0 Å². The van der Waals surface area contributed by atoms with E-state index in [2.05, 4.69) is 21.3 Å². The molecule has 5 aliphatic heterocycles. The molecule has 4 N–H and O–H groups in total. The summed E-state index contributed by atoms with van der Waals surface area (Å²) in [6.45, 7) is 13.8. The standard InChI is InChI=1S/C56H86N10O11/c1-10-63-32-45(67)57-40(28-35(4)5)51(71)61(8)47-48(50(70)60-42(30-37-16-12-11-13-17-37)54(74)66-25-14-18-43(66)55(63)75)62(9)52(72)41(29-36(6)7)58-46(68)33-64(31-38-22-26-77-27-23-38)56(76)44-19-15-24-65(44)53(73)39(59-49(47)69)21-20-34(2)3/h11-13,16-17,34-36,38-44,47-48H,10,14-15,18-33H2,1-9H3,(H,57,67)(H,58,68)(H,59,69)(H,60,70)/t39-,40?,41-,42-,43+,44+,47-,48?/m0/s1. The van der Waals surface area contributed by atoms with Crippen molar-refractivity contribution in [2.75, 3.05) is 66.6 Å². The van der Waals surface area contributed by atoms with E-state index in [4.69, 9.17) is 4.74 Å². The number of likely N-dealkylation sites (N-methyl/N-ethyl adjacent to an activating group) is 3. The van der Waals surface area contributed by atoms with Crippen LogP contribution in [0.25, 0.3) is 0 Å². The molecule has 2 unspecified atom stereocenters. The van der Waals surface area contributed by atoms with E-state index in [1.807, 2.05) is 41.5 Å². The van der Waals surface area contributed by atoms with Crippen molar-refractivity contribution in [1.29, 1.82) is 0 Å². The Morgan fingerprint density at radius 3 is 1.49 bits per heavy atom. The Balaban J connectivity index is 1.57. The molecule has 5 aliphatic rings. The molecule has 21 nitrogen and oxygen atoms in total. The zero-order valence-electron chi connectivity index (χ0n) is 46.9. The van der Waals surface area contributed by atoms with Gasteiger partial charge in [0.15, 0.2) is 0 Å². The van der Waals surface area contributed by atoms with Gasteiger partial charge in [0.2, 0.25) is 59.1 Å². The molecule has 0 bridgehead atoms. The number of nitrogens with zero attached hydrogens (tertiary/aromatic N) is 6. The zero-order valence-corrected chi connectivity index (χ0v) is 46.9. The Kier molecular flexibility index (Phi) is 21.4. The summed E-state index contributed by atoms with van der Waals surface area (Å²) in [4.78, 5) is 158. The lowest BCUT2D eigenvalue weighted by molar-refractivity contribution is -0.155. The Morgan fingerprint density at radius 2 is 1.01 bits per heavy atom. The first-order valence-corrected chi connectivity index (χ1v) is 28.1. The van der Waals surface area contributed by atoms with Gasteiger partial charge in [0.25, 0.3) is 0 Å².